The summed E-state index contributed by atoms with van der Waals surface area (Å²) in [6.45, 7) is 1.23. The molecule has 0 unspecified atom stereocenters. The van der Waals surface area contributed by atoms with Gasteiger partial charge in [-0.3, -0.25) is 9.98 Å². The Hall–Kier alpha value is -2.05. The molecule has 0 bridgehead atoms. The standard InChI is InChI=1S/C17H19N3O2S/c21-23(22,20-12-2-1-3-13-20)17-6-4-16(5-7-17)19-14-15-8-10-18-11-9-15/h4-11,14H,1-3,12-13H2. The van der Waals surface area contributed by atoms with Crippen LogP contribution in [0.2, 0.25) is 0 Å². The summed E-state index contributed by atoms with van der Waals surface area (Å²) in [7, 11) is -3.37. The lowest BCUT2D eigenvalue weighted by molar-refractivity contribution is 0.346. The van der Waals surface area contributed by atoms with Crippen molar-refractivity contribution in [3.05, 3.63) is 54.4 Å². The van der Waals surface area contributed by atoms with E-state index < -0.39 is 10.0 Å². The molecule has 1 aromatic heterocycles. The van der Waals surface area contributed by atoms with Crippen molar-refractivity contribution in [2.75, 3.05) is 13.1 Å². The number of nitrogens with zero attached hydrogens (tertiary/aromatic N) is 3. The van der Waals surface area contributed by atoms with Gasteiger partial charge < -0.3 is 0 Å². The van der Waals surface area contributed by atoms with E-state index in [0.29, 0.717) is 18.0 Å². The molecule has 2 aromatic rings. The van der Waals surface area contributed by atoms with Crippen LogP contribution >= 0.6 is 0 Å². The Morgan fingerprint density at radius 1 is 0.957 bits per heavy atom. The zero-order valence-electron chi connectivity index (χ0n) is 12.8. The summed E-state index contributed by atoms with van der Waals surface area (Å²) in [5.41, 5.74) is 1.67. The third kappa shape index (κ3) is 3.83. The minimum atomic E-state index is -3.37. The van der Waals surface area contributed by atoms with Gasteiger partial charge in [0.15, 0.2) is 0 Å². The molecule has 0 amide bonds. The van der Waals surface area contributed by atoms with E-state index in [1.165, 1.54) is 0 Å². The molecular weight excluding hydrogens is 310 g/mol. The molecule has 0 N–H and O–H groups in total. The second-order valence-corrected chi connectivity index (χ2v) is 7.44. The van der Waals surface area contributed by atoms with Crippen LogP contribution in [0.15, 0.2) is 58.7 Å². The minimum Gasteiger partial charge on any atom is -0.265 e. The molecule has 1 aliphatic heterocycles. The number of sulfonamides is 1. The maximum absolute atomic E-state index is 12.6. The molecule has 0 atom stereocenters. The van der Waals surface area contributed by atoms with Gasteiger partial charge in [-0.2, -0.15) is 4.31 Å². The van der Waals surface area contributed by atoms with Crippen LogP contribution in [0.1, 0.15) is 24.8 Å². The number of pyridine rings is 1. The molecule has 2 heterocycles. The Kier molecular flexibility index (Phi) is 4.83. The molecule has 23 heavy (non-hydrogen) atoms. The van der Waals surface area contributed by atoms with E-state index >= 15 is 0 Å². The van der Waals surface area contributed by atoms with E-state index in [2.05, 4.69) is 9.98 Å². The molecular formula is C17H19N3O2S. The molecule has 0 saturated carbocycles. The molecule has 1 aromatic carbocycles. The van der Waals surface area contributed by atoms with Crippen LogP contribution in [0.25, 0.3) is 0 Å². The first-order valence-corrected chi connectivity index (χ1v) is 9.14. The highest BCUT2D eigenvalue weighted by atomic mass is 32.2. The summed E-state index contributed by atoms with van der Waals surface area (Å²) in [5.74, 6) is 0. The Bertz CT molecular complexity index is 765. The summed E-state index contributed by atoms with van der Waals surface area (Å²) < 4.78 is 26.7. The first-order valence-electron chi connectivity index (χ1n) is 7.70. The average Bonchev–Trinajstić information content (AvgIpc) is 2.62. The van der Waals surface area contributed by atoms with Gasteiger partial charge in [0.1, 0.15) is 0 Å². The topological polar surface area (TPSA) is 62.6 Å². The van der Waals surface area contributed by atoms with Crippen LogP contribution in [-0.2, 0) is 10.0 Å². The van der Waals surface area contributed by atoms with Crippen LogP contribution in [-0.4, -0.2) is 37.0 Å². The van der Waals surface area contributed by atoms with Crippen molar-refractivity contribution >= 4 is 21.9 Å². The van der Waals surface area contributed by atoms with E-state index in [4.69, 9.17) is 0 Å². The summed E-state index contributed by atoms with van der Waals surface area (Å²) in [6, 6.07) is 10.4. The van der Waals surface area contributed by atoms with Crippen molar-refractivity contribution in [2.45, 2.75) is 24.2 Å². The smallest absolute Gasteiger partial charge is 0.243 e. The van der Waals surface area contributed by atoms with Crippen molar-refractivity contribution in [2.24, 2.45) is 4.99 Å². The minimum absolute atomic E-state index is 0.335. The number of hydrogen-bond acceptors (Lipinski definition) is 4. The van der Waals surface area contributed by atoms with Gasteiger partial charge >= 0.3 is 0 Å². The normalized spacial score (nSPS) is 16.7. The van der Waals surface area contributed by atoms with Crippen LogP contribution in [0.3, 0.4) is 0 Å². The molecule has 6 heteroatoms. The Morgan fingerprint density at radius 3 is 2.26 bits per heavy atom. The van der Waals surface area contributed by atoms with Crippen molar-refractivity contribution in [1.29, 1.82) is 0 Å². The highest BCUT2D eigenvalue weighted by Crippen LogP contribution is 2.22. The van der Waals surface area contributed by atoms with Gasteiger partial charge in [-0.05, 0) is 54.8 Å². The largest absolute Gasteiger partial charge is 0.265 e. The van der Waals surface area contributed by atoms with Crippen LogP contribution in [0, 0.1) is 0 Å². The molecule has 0 spiro atoms. The van der Waals surface area contributed by atoms with Crippen LogP contribution < -0.4 is 0 Å². The Labute approximate surface area is 136 Å². The van der Waals surface area contributed by atoms with Crippen molar-refractivity contribution in [3.63, 3.8) is 0 Å². The zero-order chi connectivity index (χ0) is 16.1. The summed E-state index contributed by atoms with van der Waals surface area (Å²) in [5, 5.41) is 0. The maximum atomic E-state index is 12.6. The van der Waals surface area contributed by atoms with Crippen LogP contribution in [0.5, 0.6) is 0 Å². The number of hydrogen-bond donors (Lipinski definition) is 0. The predicted octanol–water partition coefficient (Wildman–Crippen LogP) is 3.01. The fraction of sp³-hybridized carbons (Fsp3) is 0.294. The number of aliphatic imine (C=N–C) groups is 1. The Balaban J connectivity index is 1.75. The van der Waals surface area contributed by atoms with Gasteiger partial charge in [-0.15, -0.1) is 0 Å². The summed E-state index contributed by atoms with van der Waals surface area (Å²) >= 11 is 0. The summed E-state index contributed by atoms with van der Waals surface area (Å²) in [4.78, 5) is 8.64. The molecule has 1 saturated heterocycles. The van der Waals surface area contributed by atoms with Gasteiger partial charge in [0.05, 0.1) is 10.6 Å². The SMILES string of the molecule is O=S(=O)(c1ccc(N=Cc2ccncc2)cc1)N1CCCCC1. The van der Waals surface area contributed by atoms with Gasteiger partial charge in [0, 0.05) is 31.7 Å². The van der Waals surface area contributed by atoms with E-state index in [0.717, 1.165) is 30.5 Å². The van der Waals surface area contributed by atoms with Gasteiger partial charge in [-0.25, -0.2) is 8.42 Å². The van der Waals surface area contributed by atoms with Crippen molar-refractivity contribution in [3.8, 4) is 0 Å². The quantitative estimate of drug-likeness (QED) is 0.810. The Morgan fingerprint density at radius 2 is 1.61 bits per heavy atom. The molecule has 0 aliphatic carbocycles. The van der Waals surface area contributed by atoms with Crippen molar-refractivity contribution in [1.82, 2.24) is 9.29 Å². The first kappa shape index (κ1) is 15.8. The van der Waals surface area contributed by atoms with Gasteiger partial charge in [0.2, 0.25) is 10.0 Å². The molecule has 1 aliphatic rings. The lowest BCUT2D eigenvalue weighted by Crippen LogP contribution is -2.35. The zero-order valence-corrected chi connectivity index (χ0v) is 13.6. The molecule has 120 valence electrons. The monoisotopic (exact) mass is 329 g/mol. The fourth-order valence-electron chi connectivity index (χ4n) is 2.56. The van der Waals surface area contributed by atoms with Crippen molar-refractivity contribution < 1.29 is 8.42 Å². The third-order valence-corrected chi connectivity index (χ3v) is 5.77. The second-order valence-electron chi connectivity index (χ2n) is 5.50. The number of piperidine rings is 1. The average molecular weight is 329 g/mol. The molecule has 1 fully saturated rings. The molecule has 0 radical (unpaired) electrons. The van der Waals surface area contributed by atoms with E-state index in [1.54, 1.807) is 47.2 Å². The second kappa shape index (κ2) is 7.02. The number of rotatable bonds is 4. The highest BCUT2D eigenvalue weighted by molar-refractivity contribution is 7.89. The van der Waals surface area contributed by atoms with E-state index in [9.17, 15) is 8.42 Å². The lowest BCUT2D eigenvalue weighted by Gasteiger charge is -2.25. The number of aromatic nitrogens is 1. The van der Waals surface area contributed by atoms with E-state index in [1.807, 2.05) is 12.1 Å². The fourth-order valence-corrected chi connectivity index (χ4v) is 4.07. The summed E-state index contributed by atoms with van der Waals surface area (Å²) in [6.07, 6.45) is 8.12. The first-order chi connectivity index (χ1) is 11.2. The van der Waals surface area contributed by atoms with Crippen LogP contribution in [0.4, 0.5) is 5.69 Å². The highest BCUT2D eigenvalue weighted by Gasteiger charge is 2.25. The predicted molar refractivity (Wildman–Crippen MR) is 90.5 cm³/mol. The maximum Gasteiger partial charge on any atom is 0.243 e. The third-order valence-electron chi connectivity index (χ3n) is 3.86. The molecule has 5 nitrogen and oxygen atoms in total. The van der Waals surface area contributed by atoms with Gasteiger partial charge in [0.25, 0.3) is 0 Å². The van der Waals surface area contributed by atoms with Gasteiger partial charge in [-0.1, -0.05) is 6.42 Å². The molecule has 3 rings (SSSR count). The number of benzene rings is 1. The lowest BCUT2D eigenvalue weighted by atomic mass is 10.2. The van der Waals surface area contributed by atoms with E-state index in [-0.39, 0.29) is 0 Å².